The van der Waals surface area contributed by atoms with Crippen LogP contribution < -0.4 is 10.1 Å². The number of hydrogen-bond donors (Lipinski definition) is 1. The Morgan fingerprint density at radius 1 is 1.47 bits per heavy atom. The van der Waals surface area contributed by atoms with E-state index in [1.54, 1.807) is 0 Å². The Hall–Kier alpha value is -1.18. The third-order valence-corrected chi connectivity index (χ3v) is 4.76. The first-order valence-electron chi connectivity index (χ1n) is 6.74. The quantitative estimate of drug-likeness (QED) is 0.867. The third-order valence-electron chi connectivity index (χ3n) is 3.36. The Bertz CT molecular complexity index is 421. The van der Waals surface area contributed by atoms with Gasteiger partial charge in [0, 0.05) is 17.8 Å². The summed E-state index contributed by atoms with van der Waals surface area (Å²) in [6.07, 6.45) is 2.70. The number of nitrogens with one attached hydrogen (secondary N) is 1. The largest absolute Gasteiger partial charge is 0.479 e. The molecule has 1 heterocycles. The van der Waals surface area contributed by atoms with Crippen LogP contribution in [-0.2, 0) is 0 Å². The van der Waals surface area contributed by atoms with E-state index in [9.17, 15) is 0 Å². The van der Waals surface area contributed by atoms with Crippen molar-refractivity contribution in [2.75, 3.05) is 18.9 Å². The zero-order valence-electron chi connectivity index (χ0n) is 11.3. The molecule has 0 spiro atoms. The smallest absolute Gasteiger partial charge is 0.174 e. The van der Waals surface area contributed by atoms with Crippen molar-refractivity contribution in [2.24, 2.45) is 0 Å². The monoisotopic (exact) mass is 276 g/mol. The van der Waals surface area contributed by atoms with E-state index in [-0.39, 0.29) is 6.61 Å². The Morgan fingerprint density at radius 3 is 2.89 bits per heavy atom. The summed E-state index contributed by atoms with van der Waals surface area (Å²) in [4.78, 5) is 0. The molecule has 1 aromatic carbocycles. The van der Waals surface area contributed by atoms with Crippen LogP contribution in [0.4, 0.5) is 0 Å². The van der Waals surface area contributed by atoms with Gasteiger partial charge in [-0.2, -0.15) is 17.0 Å². The molecule has 1 fully saturated rings. The van der Waals surface area contributed by atoms with E-state index < -0.39 is 0 Å². The highest BCUT2D eigenvalue weighted by molar-refractivity contribution is 8.00. The van der Waals surface area contributed by atoms with Crippen LogP contribution in [0.5, 0.6) is 5.75 Å². The normalized spacial score (nSPS) is 19.9. The van der Waals surface area contributed by atoms with Crippen LogP contribution in [0.3, 0.4) is 0 Å². The summed E-state index contributed by atoms with van der Waals surface area (Å²) in [7, 11) is 0. The minimum atomic E-state index is 0.103. The standard InChI is InChI=1S/C15H20N2OS/c1-12(17-11-15-3-2-10-19-15)13-4-6-14(7-5-13)18-9-8-16/h4-7,12,15,17H,2-3,9-11H2,1H3. The fraction of sp³-hybridized carbons (Fsp3) is 0.533. The van der Waals surface area contributed by atoms with E-state index in [1.807, 2.05) is 18.2 Å². The van der Waals surface area contributed by atoms with Crippen molar-refractivity contribution in [3.63, 3.8) is 0 Å². The summed E-state index contributed by atoms with van der Waals surface area (Å²) in [6.45, 7) is 3.37. The number of nitriles is 1. The topological polar surface area (TPSA) is 45.0 Å². The van der Waals surface area contributed by atoms with E-state index in [4.69, 9.17) is 10.00 Å². The van der Waals surface area contributed by atoms with E-state index in [1.165, 1.54) is 24.2 Å². The second-order valence-corrected chi connectivity index (χ2v) is 6.19. The fourth-order valence-electron chi connectivity index (χ4n) is 2.20. The molecule has 1 aliphatic rings. The van der Waals surface area contributed by atoms with Gasteiger partial charge in [-0.3, -0.25) is 0 Å². The van der Waals surface area contributed by atoms with Crippen LogP contribution in [0.1, 0.15) is 31.4 Å². The molecule has 1 aromatic rings. The van der Waals surface area contributed by atoms with Crippen molar-refractivity contribution < 1.29 is 4.74 Å². The third kappa shape index (κ3) is 4.45. The number of benzene rings is 1. The predicted molar refractivity (Wildman–Crippen MR) is 79.4 cm³/mol. The van der Waals surface area contributed by atoms with Crippen LogP contribution in [0.25, 0.3) is 0 Å². The molecule has 2 atom stereocenters. The SMILES string of the molecule is CC(NCC1CCCS1)c1ccc(OCC#N)cc1. The highest BCUT2D eigenvalue weighted by Gasteiger charge is 2.16. The molecule has 3 nitrogen and oxygen atoms in total. The van der Waals surface area contributed by atoms with Gasteiger partial charge in [0.2, 0.25) is 0 Å². The van der Waals surface area contributed by atoms with Gasteiger partial charge in [0.05, 0.1) is 0 Å². The summed E-state index contributed by atoms with van der Waals surface area (Å²) < 4.78 is 5.25. The predicted octanol–water partition coefficient (Wildman–Crippen LogP) is 3.14. The molecule has 0 aromatic heterocycles. The van der Waals surface area contributed by atoms with E-state index in [0.717, 1.165) is 17.5 Å². The van der Waals surface area contributed by atoms with Crippen LogP contribution in [0.2, 0.25) is 0 Å². The molecular formula is C15H20N2OS. The van der Waals surface area contributed by atoms with Gasteiger partial charge in [-0.05, 0) is 43.2 Å². The van der Waals surface area contributed by atoms with Gasteiger partial charge in [-0.1, -0.05) is 12.1 Å². The Labute approximate surface area is 119 Å². The molecule has 4 heteroatoms. The molecule has 19 heavy (non-hydrogen) atoms. The second-order valence-electron chi connectivity index (χ2n) is 4.78. The van der Waals surface area contributed by atoms with Crippen molar-refractivity contribution >= 4 is 11.8 Å². The Kier molecular flexibility index (Phi) is 5.56. The zero-order valence-corrected chi connectivity index (χ0v) is 12.1. The van der Waals surface area contributed by atoms with Gasteiger partial charge in [-0.15, -0.1) is 0 Å². The lowest BCUT2D eigenvalue weighted by Crippen LogP contribution is -2.26. The van der Waals surface area contributed by atoms with Crippen LogP contribution in [0, 0.1) is 11.3 Å². The van der Waals surface area contributed by atoms with Crippen molar-refractivity contribution in [2.45, 2.75) is 31.1 Å². The zero-order chi connectivity index (χ0) is 13.5. The molecular weight excluding hydrogens is 256 g/mol. The maximum absolute atomic E-state index is 8.46. The molecule has 1 aliphatic heterocycles. The number of thioether (sulfide) groups is 1. The van der Waals surface area contributed by atoms with Crippen LogP contribution in [-0.4, -0.2) is 24.2 Å². The first-order chi connectivity index (χ1) is 9.29. The number of hydrogen-bond acceptors (Lipinski definition) is 4. The summed E-state index contributed by atoms with van der Waals surface area (Å²) in [5.41, 5.74) is 1.26. The summed E-state index contributed by atoms with van der Waals surface area (Å²) in [5, 5.41) is 12.8. The maximum atomic E-state index is 8.46. The van der Waals surface area contributed by atoms with Gasteiger partial charge in [0.25, 0.3) is 0 Å². The van der Waals surface area contributed by atoms with E-state index in [2.05, 4.69) is 36.1 Å². The molecule has 0 saturated carbocycles. The van der Waals surface area contributed by atoms with Crippen molar-refractivity contribution in [1.29, 1.82) is 5.26 Å². The van der Waals surface area contributed by atoms with Gasteiger partial charge in [-0.25, -0.2) is 0 Å². The Balaban J connectivity index is 1.81. The average Bonchev–Trinajstić information content (AvgIpc) is 2.96. The van der Waals surface area contributed by atoms with Crippen molar-refractivity contribution in [3.8, 4) is 11.8 Å². The van der Waals surface area contributed by atoms with Crippen molar-refractivity contribution in [1.82, 2.24) is 5.32 Å². The number of rotatable bonds is 6. The minimum Gasteiger partial charge on any atom is -0.479 e. The molecule has 0 bridgehead atoms. The molecule has 2 unspecified atom stereocenters. The highest BCUT2D eigenvalue weighted by atomic mass is 32.2. The lowest BCUT2D eigenvalue weighted by Gasteiger charge is -2.17. The lowest BCUT2D eigenvalue weighted by atomic mass is 10.1. The molecule has 2 rings (SSSR count). The lowest BCUT2D eigenvalue weighted by molar-refractivity contribution is 0.368. The molecule has 0 aliphatic carbocycles. The first-order valence-corrected chi connectivity index (χ1v) is 7.79. The molecule has 1 N–H and O–H groups in total. The van der Waals surface area contributed by atoms with Crippen LogP contribution >= 0.6 is 11.8 Å². The summed E-state index contributed by atoms with van der Waals surface area (Å²) in [5.74, 6) is 2.06. The minimum absolute atomic E-state index is 0.103. The first kappa shape index (κ1) is 14.2. The van der Waals surface area contributed by atoms with Gasteiger partial charge in [0.15, 0.2) is 6.61 Å². The average molecular weight is 276 g/mol. The van der Waals surface area contributed by atoms with Crippen molar-refractivity contribution in [3.05, 3.63) is 29.8 Å². The van der Waals surface area contributed by atoms with E-state index in [0.29, 0.717) is 6.04 Å². The van der Waals surface area contributed by atoms with Gasteiger partial charge >= 0.3 is 0 Å². The molecule has 0 amide bonds. The van der Waals surface area contributed by atoms with Gasteiger partial charge < -0.3 is 10.1 Å². The fourth-order valence-corrected chi connectivity index (χ4v) is 3.41. The maximum Gasteiger partial charge on any atom is 0.174 e. The molecule has 102 valence electrons. The summed E-state index contributed by atoms with van der Waals surface area (Å²) in [6, 6.07) is 10.3. The Morgan fingerprint density at radius 2 is 2.26 bits per heavy atom. The molecule has 0 radical (unpaired) electrons. The number of ether oxygens (including phenoxy) is 1. The van der Waals surface area contributed by atoms with E-state index >= 15 is 0 Å². The molecule has 1 saturated heterocycles. The van der Waals surface area contributed by atoms with Crippen LogP contribution in [0.15, 0.2) is 24.3 Å². The van der Waals surface area contributed by atoms with Gasteiger partial charge in [0.1, 0.15) is 11.8 Å². The number of nitrogens with zero attached hydrogens (tertiary/aromatic N) is 1. The highest BCUT2D eigenvalue weighted by Crippen LogP contribution is 2.26. The summed E-state index contributed by atoms with van der Waals surface area (Å²) >= 11 is 2.08. The second kappa shape index (κ2) is 7.42.